The van der Waals surface area contributed by atoms with Crippen LogP contribution in [0.5, 0.6) is 5.75 Å². The van der Waals surface area contributed by atoms with Crippen LogP contribution in [0.2, 0.25) is 0 Å². The summed E-state index contributed by atoms with van der Waals surface area (Å²) in [7, 11) is 1.56. The van der Waals surface area contributed by atoms with Gasteiger partial charge in [-0.05, 0) is 12.1 Å². The highest BCUT2D eigenvalue weighted by Crippen LogP contribution is 2.25. The van der Waals surface area contributed by atoms with Crippen LogP contribution in [0.25, 0.3) is 4.85 Å². The number of anilines is 1. The summed E-state index contributed by atoms with van der Waals surface area (Å²) in [5.41, 5.74) is 6.44. The summed E-state index contributed by atoms with van der Waals surface area (Å²) in [6.07, 6.45) is 0. The zero-order valence-electron chi connectivity index (χ0n) is 6.16. The summed E-state index contributed by atoms with van der Waals surface area (Å²) in [4.78, 5) is 3.21. The molecule has 0 aliphatic rings. The van der Waals surface area contributed by atoms with Crippen LogP contribution in [0.1, 0.15) is 0 Å². The van der Waals surface area contributed by atoms with Crippen molar-refractivity contribution in [2.75, 3.05) is 12.8 Å². The highest BCUT2D eigenvalue weighted by Gasteiger charge is 1.98. The van der Waals surface area contributed by atoms with E-state index in [1.54, 1.807) is 25.3 Å². The lowest BCUT2D eigenvalue weighted by Gasteiger charge is -2.01. The van der Waals surface area contributed by atoms with E-state index in [1.165, 1.54) is 0 Å². The Morgan fingerprint density at radius 2 is 2.27 bits per heavy atom. The quantitative estimate of drug-likeness (QED) is 0.487. The Hall–Kier alpha value is -1.69. The lowest BCUT2D eigenvalue weighted by molar-refractivity contribution is 0.415. The van der Waals surface area contributed by atoms with E-state index in [4.69, 9.17) is 17.0 Å². The van der Waals surface area contributed by atoms with Gasteiger partial charge in [0.2, 0.25) is 5.69 Å². The fourth-order valence-corrected chi connectivity index (χ4v) is 0.761. The minimum Gasteiger partial charge on any atom is -0.497 e. The van der Waals surface area contributed by atoms with Gasteiger partial charge in [-0.25, -0.2) is 4.85 Å². The van der Waals surface area contributed by atoms with Crippen molar-refractivity contribution < 1.29 is 4.74 Å². The first-order chi connectivity index (χ1) is 5.27. The Labute approximate surface area is 65.2 Å². The predicted molar refractivity (Wildman–Crippen MR) is 43.7 cm³/mol. The molecule has 0 saturated carbocycles. The van der Waals surface area contributed by atoms with E-state index in [2.05, 4.69) is 4.85 Å². The average molecular weight is 148 g/mol. The number of hydrogen-bond donors (Lipinski definition) is 1. The second-order valence-electron chi connectivity index (χ2n) is 2.04. The molecule has 0 fully saturated rings. The second-order valence-corrected chi connectivity index (χ2v) is 2.04. The summed E-state index contributed by atoms with van der Waals surface area (Å²) in [6, 6.07) is 4.98. The number of methoxy groups -OCH3 is 1. The average Bonchev–Trinajstić information content (AvgIpc) is 2.04. The van der Waals surface area contributed by atoms with Gasteiger partial charge < -0.3 is 10.5 Å². The zero-order valence-corrected chi connectivity index (χ0v) is 6.16. The first kappa shape index (κ1) is 7.42. The van der Waals surface area contributed by atoms with Crippen LogP contribution in [0, 0.1) is 6.57 Å². The maximum absolute atomic E-state index is 6.72. The largest absolute Gasteiger partial charge is 0.497 e. The molecule has 0 saturated heterocycles. The van der Waals surface area contributed by atoms with Gasteiger partial charge in [0.25, 0.3) is 0 Å². The first-order valence-electron chi connectivity index (χ1n) is 3.09. The molecule has 1 aromatic carbocycles. The maximum atomic E-state index is 6.72. The molecule has 0 radical (unpaired) electrons. The fraction of sp³-hybridized carbons (Fsp3) is 0.125. The number of ether oxygens (including phenoxy) is 1. The number of hydrogen-bond acceptors (Lipinski definition) is 2. The summed E-state index contributed by atoms with van der Waals surface area (Å²) >= 11 is 0. The van der Waals surface area contributed by atoms with E-state index >= 15 is 0 Å². The smallest absolute Gasteiger partial charge is 0.209 e. The molecule has 0 atom stereocenters. The standard InChI is InChI=1S/C8H8N2O/c1-10-8-4-3-6(11-2)5-7(8)9/h3-5H,9H2,2H3. The minimum atomic E-state index is 0.458. The summed E-state index contributed by atoms with van der Waals surface area (Å²) in [5, 5.41) is 0. The molecule has 0 aromatic heterocycles. The topological polar surface area (TPSA) is 39.6 Å². The monoisotopic (exact) mass is 148 g/mol. The maximum Gasteiger partial charge on any atom is 0.209 e. The number of nitrogen functional groups attached to an aromatic ring is 1. The van der Waals surface area contributed by atoms with Crippen LogP contribution in [0.15, 0.2) is 18.2 Å². The molecule has 0 heterocycles. The molecule has 3 heteroatoms. The van der Waals surface area contributed by atoms with E-state index in [1.807, 2.05) is 0 Å². The van der Waals surface area contributed by atoms with Gasteiger partial charge in [-0.2, -0.15) is 0 Å². The van der Waals surface area contributed by atoms with Crippen molar-refractivity contribution in [2.24, 2.45) is 0 Å². The van der Waals surface area contributed by atoms with Crippen LogP contribution in [0.3, 0.4) is 0 Å². The molecule has 11 heavy (non-hydrogen) atoms. The molecule has 2 N–H and O–H groups in total. The molecule has 0 amide bonds. The van der Waals surface area contributed by atoms with Gasteiger partial charge >= 0.3 is 0 Å². The Kier molecular flexibility index (Phi) is 1.98. The second kappa shape index (κ2) is 2.93. The van der Waals surface area contributed by atoms with E-state index in [0.29, 0.717) is 17.1 Å². The van der Waals surface area contributed by atoms with Crippen LogP contribution in [0.4, 0.5) is 11.4 Å². The highest BCUT2D eigenvalue weighted by atomic mass is 16.5. The Balaban J connectivity index is 3.12. The summed E-state index contributed by atoms with van der Waals surface area (Å²) in [5.74, 6) is 0.676. The Morgan fingerprint density at radius 3 is 2.73 bits per heavy atom. The molecular weight excluding hydrogens is 140 g/mol. The molecule has 0 spiro atoms. The highest BCUT2D eigenvalue weighted by molar-refractivity contribution is 5.68. The van der Waals surface area contributed by atoms with Crippen LogP contribution >= 0.6 is 0 Å². The van der Waals surface area contributed by atoms with Gasteiger partial charge in [-0.3, -0.25) is 0 Å². The number of nitrogens with zero attached hydrogens (tertiary/aromatic N) is 1. The van der Waals surface area contributed by atoms with Crippen molar-refractivity contribution in [3.05, 3.63) is 29.6 Å². The normalized spacial score (nSPS) is 8.73. The first-order valence-corrected chi connectivity index (χ1v) is 3.09. The lowest BCUT2D eigenvalue weighted by Crippen LogP contribution is -1.87. The van der Waals surface area contributed by atoms with E-state index in [0.717, 1.165) is 0 Å². The molecule has 0 unspecified atom stereocenters. The van der Waals surface area contributed by atoms with Crippen molar-refractivity contribution in [2.45, 2.75) is 0 Å². The molecule has 56 valence electrons. The molecule has 3 nitrogen and oxygen atoms in total. The van der Waals surface area contributed by atoms with Gasteiger partial charge in [-0.1, -0.05) is 6.07 Å². The van der Waals surface area contributed by atoms with Gasteiger partial charge in [-0.15, -0.1) is 0 Å². The van der Waals surface area contributed by atoms with Crippen molar-refractivity contribution in [1.82, 2.24) is 0 Å². The van der Waals surface area contributed by atoms with Crippen LogP contribution in [-0.4, -0.2) is 7.11 Å². The summed E-state index contributed by atoms with van der Waals surface area (Å²) < 4.78 is 4.91. The third-order valence-corrected chi connectivity index (χ3v) is 1.36. The van der Waals surface area contributed by atoms with Gasteiger partial charge in [0.05, 0.1) is 13.7 Å². The minimum absolute atomic E-state index is 0.458. The van der Waals surface area contributed by atoms with Crippen molar-refractivity contribution in [3.63, 3.8) is 0 Å². The van der Waals surface area contributed by atoms with Gasteiger partial charge in [0, 0.05) is 5.69 Å². The van der Waals surface area contributed by atoms with Crippen LogP contribution in [-0.2, 0) is 0 Å². The number of benzene rings is 1. The molecule has 1 aromatic rings. The van der Waals surface area contributed by atoms with Crippen molar-refractivity contribution in [1.29, 1.82) is 0 Å². The predicted octanol–water partition coefficient (Wildman–Crippen LogP) is 1.83. The van der Waals surface area contributed by atoms with Crippen LogP contribution < -0.4 is 10.5 Å². The van der Waals surface area contributed by atoms with E-state index < -0.39 is 0 Å². The number of rotatable bonds is 1. The van der Waals surface area contributed by atoms with Crippen molar-refractivity contribution >= 4 is 11.4 Å². The fourth-order valence-electron chi connectivity index (χ4n) is 0.761. The Bertz CT molecular complexity index is 301. The zero-order chi connectivity index (χ0) is 8.27. The summed E-state index contributed by atoms with van der Waals surface area (Å²) in [6.45, 7) is 6.72. The number of nitrogens with two attached hydrogens (primary N) is 1. The van der Waals surface area contributed by atoms with Crippen molar-refractivity contribution in [3.8, 4) is 5.75 Å². The van der Waals surface area contributed by atoms with Gasteiger partial charge in [0.15, 0.2) is 0 Å². The third-order valence-electron chi connectivity index (χ3n) is 1.36. The molecule has 0 aliphatic carbocycles. The molecule has 0 aliphatic heterocycles. The molecular formula is C8H8N2O. The molecule has 0 bridgehead atoms. The lowest BCUT2D eigenvalue weighted by atomic mass is 10.2. The SMILES string of the molecule is [C-]#[N+]c1ccc(OC)cc1N. The Morgan fingerprint density at radius 1 is 1.55 bits per heavy atom. The van der Waals surface area contributed by atoms with Gasteiger partial charge in [0.1, 0.15) is 5.75 Å². The van der Waals surface area contributed by atoms with E-state index in [-0.39, 0.29) is 0 Å². The van der Waals surface area contributed by atoms with E-state index in [9.17, 15) is 0 Å². The molecule has 1 rings (SSSR count). The third kappa shape index (κ3) is 1.41.